The summed E-state index contributed by atoms with van der Waals surface area (Å²) in [7, 11) is 4.86. The number of carbonyl (C=O) groups is 1. The Morgan fingerprint density at radius 2 is 1.09 bits per heavy atom. The number of aromatic nitrogens is 1. The standard InChI is InChI=1S/C27H23NO4/c1-30-22-10-4-18(5-11-22)21-16-25(19-6-12-23(31-2)13-7-19)26(28-17-21)27(29)20-8-14-24(32-3)15-9-20/h4-17H,1-3H3. The van der Waals surface area contributed by atoms with Crippen LogP contribution in [0.5, 0.6) is 17.2 Å². The van der Waals surface area contributed by atoms with Gasteiger partial charge >= 0.3 is 0 Å². The maximum atomic E-state index is 13.3. The minimum atomic E-state index is -0.153. The summed E-state index contributed by atoms with van der Waals surface area (Å²) in [6, 6.07) is 24.4. The molecule has 0 aliphatic rings. The molecule has 0 aliphatic heterocycles. The lowest BCUT2D eigenvalue weighted by Crippen LogP contribution is -2.07. The molecular formula is C27H23NO4. The summed E-state index contributed by atoms with van der Waals surface area (Å²) < 4.78 is 15.7. The zero-order valence-corrected chi connectivity index (χ0v) is 18.2. The van der Waals surface area contributed by atoms with Crippen LogP contribution in [0.3, 0.4) is 0 Å². The summed E-state index contributed by atoms with van der Waals surface area (Å²) in [6.45, 7) is 0. The molecule has 0 saturated heterocycles. The van der Waals surface area contributed by atoms with Gasteiger partial charge in [-0.25, -0.2) is 0 Å². The van der Waals surface area contributed by atoms with Crippen LogP contribution in [0.25, 0.3) is 22.3 Å². The number of nitrogens with zero attached hydrogens (tertiary/aromatic N) is 1. The number of ketones is 1. The van der Waals surface area contributed by atoms with Gasteiger partial charge in [0.2, 0.25) is 5.78 Å². The van der Waals surface area contributed by atoms with E-state index in [9.17, 15) is 4.79 Å². The molecule has 160 valence electrons. The lowest BCUT2D eigenvalue weighted by atomic mass is 9.95. The van der Waals surface area contributed by atoms with E-state index in [4.69, 9.17) is 14.2 Å². The monoisotopic (exact) mass is 425 g/mol. The number of benzene rings is 3. The van der Waals surface area contributed by atoms with Crippen molar-refractivity contribution in [2.45, 2.75) is 0 Å². The summed E-state index contributed by atoms with van der Waals surface area (Å²) in [5.41, 5.74) is 4.46. The topological polar surface area (TPSA) is 57.7 Å². The molecule has 0 unspecified atom stereocenters. The van der Waals surface area contributed by atoms with E-state index in [1.165, 1.54) is 0 Å². The summed E-state index contributed by atoms with van der Waals surface area (Å²) >= 11 is 0. The largest absolute Gasteiger partial charge is 0.497 e. The second kappa shape index (κ2) is 9.35. The van der Waals surface area contributed by atoms with E-state index in [-0.39, 0.29) is 5.78 Å². The van der Waals surface area contributed by atoms with Crippen LogP contribution in [-0.4, -0.2) is 32.1 Å². The van der Waals surface area contributed by atoms with E-state index in [2.05, 4.69) is 4.98 Å². The second-order valence-electron chi connectivity index (χ2n) is 7.13. The second-order valence-corrected chi connectivity index (χ2v) is 7.13. The fourth-order valence-electron chi connectivity index (χ4n) is 3.46. The molecule has 5 nitrogen and oxygen atoms in total. The van der Waals surface area contributed by atoms with Gasteiger partial charge in [-0.05, 0) is 65.7 Å². The maximum absolute atomic E-state index is 13.3. The van der Waals surface area contributed by atoms with Gasteiger partial charge in [0.15, 0.2) is 0 Å². The molecule has 0 atom stereocenters. The van der Waals surface area contributed by atoms with Gasteiger partial charge in [0.05, 0.1) is 21.3 Å². The molecule has 0 N–H and O–H groups in total. The van der Waals surface area contributed by atoms with Gasteiger partial charge < -0.3 is 14.2 Å². The molecule has 0 amide bonds. The first kappa shape index (κ1) is 21.1. The minimum absolute atomic E-state index is 0.153. The molecule has 32 heavy (non-hydrogen) atoms. The SMILES string of the molecule is COc1ccc(C(=O)c2ncc(-c3ccc(OC)cc3)cc2-c2ccc(OC)cc2)cc1. The molecule has 4 aromatic rings. The highest BCUT2D eigenvalue weighted by molar-refractivity contribution is 6.11. The fourth-order valence-corrected chi connectivity index (χ4v) is 3.46. The van der Waals surface area contributed by atoms with Gasteiger partial charge in [-0.3, -0.25) is 9.78 Å². The molecule has 4 rings (SSSR count). The van der Waals surface area contributed by atoms with E-state index < -0.39 is 0 Å². The molecule has 0 saturated carbocycles. The zero-order valence-electron chi connectivity index (χ0n) is 18.2. The van der Waals surface area contributed by atoms with Gasteiger partial charge in [0, 0.05) is 22.9 Å². The molecule has 0 bridgehead atoms. The number of methoxy groups -OCH3 is 3. The Labute approximate surface area is 187 Å². The van der Waals surface area contributed by atoms with Crippen molar-refractivity contribution in [3.05, 3.63) is 96.3 Å². The third-order valence-electron chi connectivity index (χ3n) is 5.28. The molecule has 0 aliphatic carbocycles. The summed E-state index contributed by atoms with van der Waals surface area (Å²) in [5, 5.41) is 0. The van der Waals surface area contributed by atoms with Crippen LogP contribution in [0.15, 0.2) is 85.1 Å². The Balaban J connectivity index is 1.81. The predicted molar refractivity (Wildman–Crippen MR) is 125 cm³/mol. The summed E-state index contributed by atoms with van der Waals surface area (Å²) in [4.78, 5) is 17.9. The lowest BCUT2D eigenvalue weighted by molar-refractivity contribution is 0.103. The highest BCUT2D eigenvalue weighted by Crippen LogP contribution is 2.31. The van der Waals surface area contributed by atoms with Gasteiger partial charge in [-0.1, -0.05) is 24.3 Å². The number of ether oxygens (including phenoxy) is 3. The first-order valence-corrected chi connectivity index (χ1v) is 10.1. The molecular weight excluding hydrogens is 402 g/mol. The fraction of sp³-hybridized carbons (Fsp3) is 0.111. The molecule has 5 heteroatoms. The van der Waals surface area contributed by atoms with Crippen LogP contribution in [0, 0.1) is 0 Å². The van der Waals surface area contributed by atoms with E-state index in [1.807, 2.05) is 54.6 Å². The number of hydrogen-bond donors (Lipinski definition) is 0. The quantitative estimate of drug-likeness (QED) is 0.357. The number of pyridine rings is 1. The molecule has 1 heterocycles. The number of hydrogen-bond acceptors (Lipinski definition) is 5. The lowest BCUT2D eigenvalue weighted by Gasteiger charge is -2.12. The van der Waals surface area contributed by atoms with E-state index in [1.54, 1.807) is 51.8 Å². The van der Waals surface area contributed by atoms with E-state index in [0.717, 1.165) is 33.8 Å². The molecule has 0 fully saturated rings. The van der Waals surface area contributed by atoms with Crippen LogP contribution < -0.4 is 14.2 Å². The van der Waals surface area contributed by atoms with Crippen molar-refractivity contribution in [3.63, 3.8) is 0 Å². The average Bonchev–Trinajstić information content (AvgIpc) is 2.88. The van der Waals surface area contributed by atoms with Crippen molar-refractivity contribution in [3.8, 4) is 39.5 Å². The van der Waals surface area contributed by atoms with E-state index in [0.29, 0.717) is 17.0 Å². The van der Waals surface area contributed by atoms with Gasteiger partial charge in [0.25, 0.3) is 0 Å². The maximum Gasteiger partial charge on any atom is 0.211 e. The average molecular weight is 425 g/mol. The molecule has 0 radical (unpaired) electrons. The minimum Gasteiger partial charge on any atom is -0.497 e. The Bertz CT molecular complexity index is 1210. The highest BCUT2D eigenvalue weighted by atomic mass is 16.5. The summed E-state index contributed by atoms with van der Waals surface area (Å²) in [6.07, 6.45) is 1.73. The normalized spacial score (nSPS) is 10.5. The zero-order chi connectivity index (χ0) is 22.5. The Hall–Kier alpha value is -4.12. The van der Waals surface area contributed by atoms with Gasteiger partial charge in [-0.2, -0.15) is 0 Å². The predicted octanol–water partition coefficient (Wildman–Crippen LogP) is 5.67. The third kappa shape index (κ3) is 4.32. The van der Waals surface area contributed by atoms with Crippen LogP contribution in [0.4, 0.5) is 0 Å². The van der Waals surface area contributed by atoms with Gasteiger partial charge in [0.1, 0.15) is 22.9 Å². The van der Waals surface area contributed by atoms with Crippen molar-refractivity contribution >= 4 is 5.78 Å². The van der Waals surface area contributed by atoms with Crippen molar-refractivity contribution in [2.75, 3.05) is 21.3 Å². The van der Waals surface area contributed by atoms with Crippen LogP contribution in [0.2, 0.25) is 0 Å². The first-order valence-electron chi connectivity index (χ1n) is 10.1. The number of rotatable bonds is 7. The Kier molecular flexibility index (Phi) is 6.17. The summed E-state index contributed by atoms with van der Waals surface area (Å²) in [5.74, 6) is 2.07. The third-order valence-corrected chi connectivity index (χ3v) is 5.28. The van der Waals surface area contributed by atoms with Crippen LogP contribution in [-0.2, 0) is 0 Å². The van der Waals surface area contributed by atoms with Crippen molar-refractivity contribution in [1.82, 2.24) is 4.98 Å². The molecule has 3 aromatic carbocycles. The number of carbonyl (C=O) groups excluding carboxylic acids is 1. The van der Waals surface area contributed by atoms with Crippen LogP contribution in [0.1, 0.15) is 16.1 Å². The van der Waals surface area contributed by atoms with E-state index >= 15 is 0 Å². The molecule has 0 spiro atoms. The van der Waals surface area contributed by atoms with Crippen LogP contribution >= 0.6 is 0 Å². The molecule has 1 aromatic heterocycles. The first-order chi connectivity index (χ1) is 15.6. The Morgan fingerprint density at radius 1 is 0.625 bits per heavy atom. The highest BCUT2D eigenvalue weighted by Gasteiger charge is 2.18. The van der Waals surface area contributed by atoms with Crippen molar-refractivity contribution in [1.29, 1.82) is 0 Å². The Morgan fingerprint density at radius 3 is 1.59 bits per heavy atom. The van der Waals surface area contributed by atoms with Crippen molar-refractivity contribution < 1.29 is 19.0 Å². The smallest absolute Gasteiger partial charge is 0.211 e. The van der Waals surface area contributed by atoms with Crippen molar-refractivity contribution in [2.24, 2.45) is 0 Å². The van der Waals surface area contributed by atoms with Gasteiger partial charge in [-0.15, -0.1) is 0 Å².